The van der Waals surface area contributed by atoms with Gasteiger partial charge in [-0.3, -0.25) is 4.79 Å². The van der Waals surface area contributed by atoms with Crippen LogP contribution < -0.4 is 0 Å². The number of hydrogen-bond donors (Lipinski definition) is 1. The maximum absolute atomic E-state index is 12.3. The molecule has 0 bridgehead atoms. The number of fused-ring (bicyclic) bond motifs is 1. The highest BCUT2D eigenvalue weighted by atomic mass is 16.3. The zero-order valence-corrected chi connectivity index (χ0v) is 14.8. The average Bonchev–Trinajstić information content (AvgIpc) is 2.83. The average molecular weight is 318 g/mol. The van der Waals surface area contributed by atoms with E-state index in [1.807, 2.05) is 6.92 Å². The van der Waals surface area contributed by atoms with Crippen molar-refractivity contribution in [2.24, 2.45) is 22.7 Å². The Morgan fingerprint density at radius 3 is 2.70 bits per heavy atom. The van der Waals surface area contributed by atoms with E-state index in [-0.39, 0.29) is 5.92 Å². The van der Waals surface area contributed by atoms with Crippen LogP contribution in [0.25, 0.3) is 0 Å². The molecule has 0 aromatic heterocycles. The van der Waals surface area contributed by atoms with Gasteiger partial charge >= 0.3 is 0 Å². The minimum absolute atomic E-state index is 0.127. The van der Waals surface area contributed by atoms with Crippen molar-refractivity contribution in [2.75, 3.05) is 0 Å². The number of aliphatic hydroxyl groups is 1. The Bertz CT molecular complexity index is 529. The zero-order valence-electron chi connectivity index (χ0n) is 14.8. The minimum atomic E-state index is -0.823. The fraction of sp³-hybridized carbons (Fsp3) is 0.700. The first kappa shape index (κ1) is 18.1. The number of hydrogen-bond acceptors (Lipinski definition) is 3. The second kappa shape index (κ2) is 6.72. The van der Waals surface area contributed by atoms with Crippen LogP contribution in [0.1, 0.15) is 59.8 Å². The molecule has 0 aromatic carbocycles. The van der Waals surface area contributed by atoms with Gasteiger partial charge in [0.15, 0.2) is 0 Å². The fourth-order valence-corrected chi connectivity index (χ4v) is 4.97. The van der Waals surface area contributed by atoms with E-state index in [9.17, 15) is 14.7 Å². The zero-order chi connectivity index (χ0) is 17.3. The van der Waals surface area contributed by atoms with Crippen LogP contribution in [-0.2, 0) is 9.59 Å². The predicted molar refractivity (Wildman–Crippen MR) is 91.9 cm³/mol. The Kier molecular flexibility index (Phi) is 5.30. The van der Waals surface area contributed by atoms with Crippen LogP contribution in [0.4, 0.5) is 0 Å². The topological polar surface area (TPSA) is 54.4 Å². The molecule has 2 aliphatic carbocycles. The van der Waals surface area contributed by atoms with Gasteiger partial charge in [-0.2, -0.15) is 0 Å². The van der Waals surface area contributed by atoms with E-state index in [1.54, 1.807) is 6.08 Å². The summed E-state index contributed by atoms with van der Waals surface area (Å²) in [5.74, 6) is 0.466. The standard InChI is InChI=1S/C20H30O3/c1-14(2)6-5-7-15(3)17-10-11-19(4)18(23)9-8-16(12-21)20(17,19)13-22/h6,8,12-13,15,17-18,23H,5,7,9-11H2,1-4H3/t15-,17+,18-,19+,20+/m1/s1. The highest BCUT2D eigenvalue weighted by Crippen LogP contribution is 2.64. The molecule has 0 saturated heterocycles. The van der Waals surface area contributed by atoms with Crippen LogP contribution in [0, 0.1) is 22.7 Å². The van der Waals surface area contributed by atoms with E-state index < -0.39 is 16.9 Å². The van der Waals surface area contributed by atoms with E-state index in [0.717, 1.165) is 38.3 Å². The summed E-state index contributed by atoms with van der Waals surface area (Å²) in [5, 5.41) is 10.6. The molecule has 0 amide bonds. The van der Waals surface area contributed by atoms with Crippen LogP contribution in [0.15, 0.2) is 23.3 Å². The van der Waals surface area contributed by atoms with E-state index in [4.69, 9.17) is 0 Å². The molecule has 2 aliphatic rings. The van der Waals surface area contributed by atoms with Crippen LogP contribution in [0.2, 0.25) is 0 Å². The lowest BCUT2D eigenvalue weighted by Crippen LogP contribution is -2.53. The number of carbonyl (C=O) groups is 2. The molecular formula is C20H30O3. The first-order chi connectivity index (χ1) is 10.8. The van der Waals surface area contributed by atoms with Crippen molar-refractivity contribution in [1.29, 1.82) is 0 Å². The molecule has 2 rings (SSSR count). The largest absolute Gasteiger partial charge is 0.392 e. The van der Waals surface area contributed by atoms with Crippen molar-refractivity contribution >= 4 is 12.6 Å². The predicted octanol–water partition coefficient (Wildman–Crippen LogP) is 3.86. The summed E-state index contributed by atoms with van der Waals surface area (Å²) in [6.45, 7) is 8.36. The molecule has 1 saturated carbocycles. The summed E-state index contributed by atoms with van der Waals surface area (Å²) in [5.41, 5.74) is 0.559. The van der Waals surface area contributed by atoms with Crippen molar-refractivity contribution < 1.29 is 14.7 Å². The molecule has 128 valence electrons. The van der Waals surface area contributed by atoms with Crippen LogP contribution >= 0.6 is 0 Å². The molecule has 1 fully saturated rings. The van der Waals surface area contributed by atoms with Gasteiger partial charge in [-0.05, 0) is 57.8 Å². The Hall–Kier alpha value is -1.22. The van der Waals surface area contributed by atoms with Crippen LogP contribution in [0.3, 0.4) is 0 Å². The Morgan fingerprint density at radius 2 is 2.13 bits per heavy atom. The molecule has 0 heterocycles. The number of rotatable bonds is 6. The van der Waals surface area contributed by atoms with Gasteiger partial charge in [0.1, 0.15) is 12.6 Å². The molecule has 5 atom stereocenters. The molecule has 23 heavy (non-hydrogen) atoms. The smallest absolute Gasteiger partial charge is 0.146 e. The monoisotopic (exact) mass is 318 g/mol. The van der Waals surface area contributed by atoms with Gasteiger partial charge in [-0.15, -0.1) is 0 Å². The molecule has 3 nitrogen and oxygen atoms in total. The van der Waals surface area contributed by atoms with E-state index in [1.165, 1.54) is 5.57 Å². The first-order valence-electron chi connectivity index (χ1n) is 8.77. The van der Waals surface area contributed by atoms with Gasteiger partial charge in [0, 0.05) is 11.0 Å². The first-order valence-corrected chi connectivity index (χ1v) is 8.77. The highest BCUT2D eigenvalue weighted by molar-refractivity contribution is 5.86. The molecule has 0 unspecified atom stereocenters. The van der Waals surface area contributed by atoms with Gasteiger partial charge in [0.05, 0.1) is 11.5 Å². The Morgan fingerprint density at radius 1 is 1.43 bits per heavy atom. The van der Waals surface area contributed by atoms with Crippen LogP contribution in [0.5, 0.6) is 0 Å². The van der Waals surface area contributed by atoms with Crippen molar-refractivity contribution in [3.05, 3.63) is 23.3 Å². The summed E-state index contributed by atoms with van der Waals surface area (Å²) >= 11 is 0. The van der Waals surface area contributed by atoms with Crippen LogP contribution in [-0.4, -0.2) is 23.8 Å². The third kappa shape index (κ3) is 2.73. The van der Waals surface area contributed by atoms with E-state index in [0.29, 0.717) is 17.9 Å². The summed E-state index contributed by atoms with van der Waals surface area (Å²) in [4.78, 5) is 23.9. The SMILES string of the molecule is CC(C)=CCC[C@@H](C)[C@@H]1CC[C@@]2(C)[C@H](O)CC=C(C=O)[C@@]12C=O. The van der Waals surface area contributed by atoms with Gasteiger partial charge in [0.2, 0.25) is 0 Å². The van der Waals surface area contributed by atoms with Crippen molar-refractivity contribution in [3.63, 3.8) is 0 Å². The van der Waals surface area contributed by atoms with Gasteiger partial charge < -0.3 is 9.90 Å². The Labute approximate surface area is 139 Å². The highest BCUT2D eigenvalue weighted by Gasteiger charge is 2.64. The van der Waals surface area contributed by atoms with Gasteiger partial charge in [0.25, 0.3) is 0 Å². The molecule has 0 aromatic rings. The number of aldehydes is 2. The summed E-state index contributed by atoms with van der Waals surface area (Å²) < 4.78 is 0. The number of aliphatic hydroxyl groups excluding tert-OH is 1. The Balaban J connectivity index is 2.36. The lowest BCUT2D eigenvalue weighted by molar-refractivity contribution is -0.133. The number of carbonyl (C=O) groups excluding carboxylic acids is 2. The van der Waals surface area contributed by atoms with Crippen molar-refractivity contribution in [3.8, 4) is 0 Å². The second-order valence-corrected chi connectivity index (χ2v) is 7.91. The van der Waals surface area contributed by atoms with Crippen molar-refractivity contribution in [2.45, 2.75) is 65.9 Å². The molecule has 1 N–H and O–H groups in total. The molecule has 0 radical (unpaired) electrons. The number of allylic oxidation sites excluding steroid dienone is 3. The van der Waals surface area contributed by atoms with Crippen molar-refractivity contribution in [1.82, 2.24) is 0 Å². The van der Waals surface area contributed by atoms with Gasteiger partial charge in [-0.1, -0.05) is 31.6 Å². The molecule has 0 spiro atoms. The minimum Gasteiger partial charge on any atom is -0.392 e. The third-order valence-electron chi connectivity index (χ3n) is 6.45. The summed E-state index contributed by atoms with van der Waals surface area (Å²) in [6, 6.07) is 0. The third-order valence-corrected chi connectivity index (χ3v) is 6.45. The molecular weight excluding hydrogens is 288 g/mol. The lowest BCUT2D eigenvalue weighted by Gasteiger charge is -2.50. The molecule has 0 aliphatic heterocycles. The maximum atomic E-state index is 12.3. The maximum Gasteiger partial charge on any atom is 0.146 e. The van der Waals surface area contributed by atoms with Gasteiger partial charge in [-0.25, -0.2) is 0 Å². The van der Waals surface area contributed by atoms with E-state index >= 15 is 0 Å². The lowest BCUT2D eigenvalue weighted by atomic mass is 9.53. The quantitative estimate of drug-likeness (QED) is 0.597. The van der Waals surface area contributed by atoms with E-state index in [2.05, 4.69) is 26.8 Å². The summed E-state index contributed by atoms with van der Waals surface area (Å²) in [6.07, 6.45) is 9.45. The molecule has 3 heteroatoms. The summed E-state index contributed by atoms with van der Waals surface area (Å²) in [7, 11) is 0. The second-order valence-electron chi connectivity index (χ2n) is 7.91. The normalized spacial score (nSPS) is 37.5. The fourth-order valence-electron chi connectivity index (χ4n) is 4.97.